The first-order valence-corrected chi connectivity index (χ1v) is 4.87. The van der Waals surface area contributed by atoms with Gasteiger partial charge < -0.3 is 16.0 Å². The maximum absolute atomic E-state index is 11.8. The number of anilines is 2. The van der Waals surface area contributed by atoms with E-state index in [-0.39, 0.29) is 11.3 Å². The second-order valence-electron chi connectivity index (χ2n) is 3.35. The summed E-state index contributed by atoms with van der Waals surface area (Å²) in [6, 6.07) is 5.92. The van der Waals surface area contributed by atoms with Gasteiger partial charge >= 0.3 is 0 Å². The number of amides is 1. The fraction of sp³-hybridized carbons (Fsp3) is 0. The summed E-state index contributed by atoms with van der Waals surface area (Å²) in [7, 11) is 0. The summed E-state index contributed by atoms with van der Waals surface area (Å²) in [5.74, 6) is -0.430. The Morgan fingerprint density at radius 1 is 1.35 bits per heavy atom. The van der Waals surface area contributed by atoms with Crippen molar-refractivity contribution in [3.63, 3.8) is 0 Å². The normalized spacial score (nSPS) is 9.88. The van der Waals surface area contributed by atoms with Crippen LogP contribution in [0, 0.1) is 0 Å². The van der Waals surface area contributed by atoms with Crippen LogP contribution in [0.4, 0.5) is 11.4 Å². The third-order valence-corrected chi connectivity index (χ3v) is 2.11. The molecule has 2 heterocycles. The highest BCUT2D eigenvalue weighted by Crippen LogP contribution is 2.15. The zero-order valence-electron chi connectivity index (χ0n) is 8.81. The Morgan fingerprint density at radius 3 is 2.88 bits per heavy atom. The lowest BCUT2D eigenvalue weighted by molar-refractivity contribution is 0.102. The predicted octanol–water partition coefficient (Wildman–Crippen LogP) is 0.604. The lowest BCUT2D eigenvalue weighted by Crippen LogP contribution is -2.18. The van der Waals surface area contributed by atoms with Crippen LogP contribution in [-0.4, -0.2) is 15.9 Å². The molecule has 0 fully saturated rings. The van der Waals surface area contributed by atoms with Crippen LogP contribution in [0.5, 0.6) is 0 Å². The van der Waals surface area contributed by atoms with Crippen molar-refractivity contribution < 1.29 is 4.79 Å². The topological polar surface area (TPSA) is 101 Å². The Bertz CT molecular complexity index is 606. The molecule has 6 heteroatoms. The number of nitrogens with one attached hydrogen (secondary N) is 2. The van der Waals surface area contributed by atoms with Crippen LogP contribution >= 0.6 is 0 Å². The molecule has 0 spiro atoms. The number of nitrogens with zero attached hydrogens (tertiary/aromatic N) is 1. The quantitative estimate of drug-likeness (QED) is 0.703. The van der Waals surface area contributed by atoms with Crippen LogP contribution in [0.3, 0.4) is 0 Å². The lowest BCUT2D eigenvalue weighted by atomic mass is 10.3. The van der Waals surface area contributed by atoms with E-state index in [2.05, 4.69) is 15.3 Å². The van der Waals surface area contributed by atoms with Gasteiger partial charge in [0.15, 0.2) is 0 Å². The van der Waals surface area contributed by atoms with Crippen LogP contribution in [0.15, 0.2) is 41.5 Å². The predicted molar refractivity (Wildman–Crippen MR) is 63.7 cm³/mol. The van der Waals surface area contributed by atoms with E-state index >= 15 is 0 Å². The van der Waals surface area contributed by atoms with E-state index in [4.69, 9.17) is 5.73 Å². The molecule has 0 aliphatic heterocycles. The Hall–Kier alpha value is -2.63. The monoisotopic (exact) mass is 230 g/mol. The van der Waals surface area contributed by atoms with Crippen molar-refractivity contribution in [2.24, 2.45) is 0 Å². The van der Waals surface area contributed by atoms with Crippen molar-refractivity contribution >= 4 is 17.3 Å². The van der Waals surface area contributed by atoms with Crippen LogP contribution in [0.2, 0.25) is 0 Å². The molecule has 0 aromatic carbocycles. The molecule has 2 aromatic rings. The fourth-order valence-corrected chi connectivity index (χ4v) is 1.29. The summed E-state index contributed by atoms with van der Waals surface area (Å²) in [6.07, 6.45) is 2.95. The summed E-state index contributed by atoms with van der Waals surface area (Å²) in [5.41, 5.74) is 6.28. The maximum atomic E-state index is 11.8. The minimum absolute atomic E-state index is 0.175. The largest absolute Gasteiger partial charge is 0.396 e. The van der Waals surface area contributed by atoms with Gasteiger partial charge in [-0.2, -0.15) is 0 Å². The molecule has 17 heavy (non-hydrogen) atoms. The SMILES string of the molecule is Nc1cnccc1NC(=O)c1cccc(=O)[nH]1. The number of H-pyrrole nitrogens is 1. The standard InChI is InChI=1S/C11H10N4O2/c12-7-6-13-5-4-8(7)15-11(17)9-2-1-3-10(16)14-9/h1-6H,12H2,(H,14,16)(H,13,15,17). The van der Waals surface area contributed by atoms with Gasteiger partial charge in [-0.25, -0.2) is 0 Å². The Labute approximate surface area is 96.5 Å². The van der Waals surface area contributed by atoms with Crippen LogP contribution in [-0.2, 0) is 0 Å². The third-order valence-electron chi connectivity index (χ3n) is 2.11. The molecule has 2 aromatic heterocycles. The Morgan fingerprint density at radius 2 is 2.18 bits per heavy atom. The molecule has 0 saturated carbocycles. The van der Waals surface area contributed by atoms with Crippen molar-refractivity contribution in [3.05, 3.63) is 52.7 Å². The van der Waals surface area contributed by atoms with E-state index in [0.29, 0.717) is 11.4 Å². The molecule has 0 aliphatic carbocycles. The molecule has 2 rings (SSSR count). The number of nitrogens with two attached hydrogens (primary N) is 1. The van der Waals surface area contributed by atoms with Crippen LogP contribution in [0.1, 0.15) is 10.5 Å². The van der Waals surface area contributed by atoms with Gasteiger partial charge in [0.1, 0.15) is 5.69 Å². The molecule has 86 valence electrons. The van der Waals surface area contributed by atoms with E-state index in [1.165, 1.54) is 30.6 Å². The highest BCUT2D eigenvalue weighted by Gasteiger charge is 2.08. The first kappa shape index (κ1) is 10.9. The summed E-state index contributed by atoms with van der Waals surface area (Å²) in [4.78, 5) is 29.0. The van der Waals surface area contributed by atoms with Gasteiger partial charge in [0, 0.05) is 12.3 Å². The molecule has 0 saturated heterocycles. The van der Waals surface area contributed by atoms with Gasteiger partial charge in [-0.3, -0.25) is 14.6 Å². The fourth-order valence-electron chi connectivity index (χ4n) is 1.29. The van der Waals surface area contributed by atoms with Gasteiger partial charge in [0.2, 0.25) is 5.56 Å². The van der Waals surface area contributed by atoms with Gasteiger partial charge in [-0.05, 0) is 12.1 Å². The van der Waals surface area contributed by atoms with Gasteiger partial charge in [-0.15, -0.1) is 0 Å². The number of nitrogen functional groups attached to an aromatic ring is 1. The summed E-state index contributed by atoms with van der Waals surface area (Å²) < 4.78 is 0. The van der Waals surface area contributed by atoms with E-state index in [0.717, 1.165) is 0 Å². The zero-order chi connectivity index (χ0) is 12.3. The number of aromatic amines is 1. The van der Waals surface area contributed by atoms with Crippen molar-refractivity contribution in [1.29, 1.82) is 0 Å². The van der Waals surface area contributed by atoms with Crippen molar-refractivity contribution in [3.8, 4) is 0 Å². The molecule has 6 nitrogen and oxygen atoms in total. The molecule has 1 amide bonds. The zero-order valence-corrected chi connectivity index (χ0v) is 8.81. The van der Waals surface area contributed by atoms with Crippen molar-refractivity contribution in [1.82, 2.24) is 9.97 Å². The van der Waals surface area contributed by atoms with E-state index in [1.54, 1.807) is 6.07 Å². The smallest absolute Gasteiger partial charge is 0.272 e. The molecular weight excluding hydrogens is 220 g/mol. The minimum Gasteiger partial charge on any atom is -0.396 e. The van der Waals surface area contributed by atoms with Gasteiger partial charge in [0.05, 0.1) is 17.6 Å². The number of hydrogen-bond acceptors (Lipinski definition) is 4. The number of carbonyl (C=O) groups excluding carboxylic acids is 1. The Kier molecular flexibility index (Phi) is 2.87. The van der Waals surface area contributed by atoms with E-state index in [1.807, 2.05) is 0 Å². The molecule has 0 bridgehead atoms. The average Bonchev–Trinajstić information content (AvgIpc) is 2.32. The number of carbonyl (C=O) groups is 1. The number of pyridine rings is 2. The van der Waals surface area contributed by atoms with Crippen LogP contribution < -0.4 is 16.6 Å². The summed E-state index contributed by atoms with van der Waals surface area (Å²) in [6.45, 7) is 0. The second kappa shape index (κ2) is 4.48. The molecule has 4 N–H and O–H groups in total. The van der Waals surface area contributed by atoms with Gasteiger partial charge in [0.25, 0.3) is 5.91 Å². The average molecular weight is 230 g/mol. The minimum atomic E-state index is -0.430. The second-order valence-corrected chi connectivity index (χ2v) is 3.35. The lowest BCUT2D eigenvalue weighted by Gasteiger charge is -2.06. The highest BCUT2D eigenvalue weighted by molar-refractivity contribution is 6.04. The first-order chi connectivity index (χ1) is 8.16. The number of aromatic nitrogens is 2. The van der Waals surface area contributed by atoms with E-state index in [9.17, 15) is 9.59 Å². The molecule has 0 atom stereocenters. The summed E-state index contributed by atoms with van der Waals surface area (Å²) >= 11 is 0. The molecule has 0 radical (unpaired) electrons. The highest BCUT2D eigenvalue weighted by atomic mass is 16.2. The Balaban J connectivity index is 2.23. The van der Waals surface area contributed by atoms with Crippen LogP contribution in [0.25, 0.3) is 0 Å². The maximum Gasteiger partial charge on any atom is 0.272 e. The number of hydrogen-bond donors (Lipinski definition) is 3. The molecule has 0 unspecified atom stereocenters. The number of rotatable bonds is 2. The molecule has 0 aliphatic rings. The first-order valence-electron chi connectivity index (χ1n) is 4.87. The van der Waals surface area contributed by atoms with Crippen molar-refractivity contribution in [2.45, 2.75) is 0 Å². The van der Waals surface area contributed by atoms with Gasteiger partial charge in [-0.1, -0.05) is 6.07 Å². The molecular formula is C11H10N4O2. The third kappa shape index (κ3) is 2.49. The van der Waals surface area contributed by atoms with E-state index < -0.39 is 5.91 Å². The summed E-state index contributed by atoms with van der Waals surface area (Å²) in [5, 5.41) is 2.58. The van der Waals surface area contributed by atoms with Crippen molar-refractivity contribution in [2.75, 3.05) is 11.1 Å².